The zero-order chi connectivity index (χ0) is 14.0. The fourth-order valence-corrected chi connectivity index (χ4v) is 3.26. The maximum absolute atomic E-state index is 13.6. The van der Waals surface area contributed by atoms with Gasteiger partial charge in [0, 0.05) is 12.6 Å². The molecule has 0 aromatic heterocycles. The minimum atomic E-state index is -0.0663. The third-order valence-electron chi connectivity index (χ3n) is 4.77. The van der Waals surface area contributed by atoms with Crippen molar-refractivity contribution in [2.45, 2.75) is 59.5 Å². The molecule has 1 saturated carbocycles. The minimum Gasteiger partial charge on any atom is -0.310 e. The highest BCUT2D eigenvalue weighted by Gasteiger charge is 2.26. The molecule has 0 amide bonds. The van der Waals surface area contributed by atoms with Crippen molar-refractivity contribution in [3.8, 4) is 0 Å². The molecule has 2 heteroatoms. The molecule has 0 saturated heterocycles. The summed E-state index contributed by atoms with van der Waals surface area (Å²) in [5, 5.41) is 3.67. The van der Waals surface area contributed by atoms with Crippen molar-refractivity contribution >= 4 is 0 Å². The van der Waals surface area contributed by atoms with E-state index in [-0.39, 0.29) is 5.82 Å². The van der Waals surface area contributed by atoms with Crippen LogP contribution in [0, 0.1) is 31.5 Å². The largest absolute Gasteiger partial charge is 0.310 e. The molecule has 1 nitrogen and oxygen atoms in total. The van der Waals surface area contributed by atoms with E-state index in [1.807, 2.05) is 26.0 Å². The summed E-state index contributed by atoms with van der Waals surface area (Å²) in [5.41, 5.74) is 2.70. The molecule has 106 valence electrons. The second-order valence-corrected chi connectivity index (χ2v) is 6.30. The Morgan fingerprint density at radius 2 is 1.79 bits per heavy atom. The van der Waals surface area contributed by atoms with Gasteiger partial charge in [-0.2, -0.15) is 0 Å². The molecule has 1 N–H and O–H groups in total. The van der Waals surface area contributed by atoms with Crippen LogP contribution >= 0.6 is 0 Å². The van der Waals surface area contributed by atoms with E-state index < -0.39 is 0 Å². The molecule has 0 heterocycles. The first kappa shape index (κ1) is 14.5. The first-order valence-electron chi connectivity index (χ1n) is 7.48. The van der Waals surface area contributed by atoms with Gasteiger partial charge in [0.2, 0.25) is 0 Å². The van der Waals surface area contributed by atoms with Gasteiger partial charge in [0.25, 0.3) is 0 Å². The fourth-order valence-electron chi connectivity index (χ4n) is 3.26. The lowest BCUT2D eigenvalue weighted by atomic mass is 9.78. The number of aryl methyl sites for hydroxylation is 2. The van der Waals surface area contributed by atoms with Crippen LogP contribution in [0.25, 0.3) is 0 Å². The molecule has 19 heavy (non-hydrogen) atoms. The Balaban J connectivity index is 1.99. The van der Waals surface area contributed by atoms with Crippen LogP contribution in [0.5, 0.6) is 0 Å². The predicted octanol–water partition coefficient (Wildman–Crippen LogP) is 4.36. The van der Waals surface area contributed by atoms with Crippen molar-refractivity contribution in [2.75, 3.05) is 0 Å². The van der Waals surface area contributed by atoms with Gasteiger partial charge in [0.15, 0.2) is 0 Å². The molecule has 2 rings (SSSR count). The highest BCUT2D eigenvalue weighted by molar-refractivity contribution is 5.30. The van der Waals surface area contributed by atoms with Gasteiger partial charge >= 0.3 is 0 Å². The second-order valence-electron chi connectivity index (χ2n) is 6.30. The molecule has 1 aromatic rings. The maximum atomic E-state index is 13.6. The summed E-state index contributed by atoms with van der Waals surface area (Å²) >= 11 is 0. The van der Waals surface area contributed by atoms with Gasteiger partial charge in [-0.05, 0) is 48.8 Å². The molecule has 0 spiro atoms. The van der Waals surface area contributed by atoms with Crippen LogP contribution in [0.2, 0.25) is 0 Å². The molecule has 0 aliphatic heterocycles. The van der Waals surface area contributed by atoms with Crippen molar-refractivity contribution in [2.24, 2.45) is 11.8 Å². The zero-order valence-electron chi connectivity index (χ0n) is 12.6. The lowest BCUT2D eigenvalue weighted by Crippen LogP contribution is -2.40. The summed E-state index contributed by atoms with van der Waals surface area (Å²) in [6.07, 6.45) is 3.95. The van der Waals surface area contributed by atoms with Crippen molar-refractivity contribution < 1.29 is 4.39 Å². The van der Waals surface area contributed by atoms with Crippen LogP contribution in [-0.4, -0.2) is 6.04 Å². The van der Waals surface area contributed by atoms with Gasteiger partial charge < -0.3 is 5.32 Å². The van der Waals surface area contributed by atoms with Gasteiger partial charge in [-0.25, -0.2) is 4.39 Å². The van der Waals surface area contributed by atoms with Crippen LogP contribution in [0.3, 0.4) is 0 Å². The van der Waals surface area contributed by atoms with E-state index >= 15 is 0 Å². The quantitative estimate of drug-likeness (QED) is 0.854. The van der Waals surface area contributed by atoms with Crippen molar-refractivity contribution in [1.29, 1.82) is 0 Å². The van der Waals surface area contributed by atoms with E-state index in [1.165, 1.54) is 24.8 Å². The lowest BCUT2D eigenvalue weighted by molar-refractivity contribution is 0.206. The van der Waals surface area contributed by atoms with Gasteiger partial charge in [-0.3, -0.25) is 0 Å². The number of rotatable bonds is 3. The SMILES string of the molecule is Cc1cc(CNC2CCCC(C)C2C)cc(C)c1F. The molecular formula is C17H26FN. The molecule has 1 aliphatic rings. The number of hydrogen-bond donors (Lipinski definition) is 1. The van der Waals surface area contributed by atoms with Gasteiger partial charge in [0.05, 0.1) is 0 Å². The Morgan fingerprint density at radius 1 is 1.16 bits per heavy atom. The number of halogens is 1. The zero-order valence-corrected chi connectivity index (χ0v) is 12.6. The van der Waals surface area contributed by atoms with E-state index in [9.17, 15) is 4.39 Å². The molecule has 1 fully saturated rings. The van der Waals surface area contributed by atoms with Crippen molar-refractivity contribution in [3.63, 3.8) is 0 Å². The first-order valence-corrected chi connectivity index (χ1v) is 7.48. The molecule has 1 aliphatic carbocycles. The number of hydrogen-bond acceptors (Lipinski definition) is 1. The van der Waals surface area contributed by atoms with E-state index in [0.717, 1.165) is 29.5 Å². The topological polar surface area (TPSA) is 12.0 Å². The average Bonchev–Trinajstić information content (AvgIpc) is 2.37. The summed E-state index contributed by atoms with van der Waals surface area (Å²) in [6, 6.07) is 4.54. The average molecular weight is 263 g/mol. The van der Waals surface area contributed by atoms with Crippen LogP contribution in [0.1, 0.15) is 49.8 Å². The summed E-state index contributed by atoms with van der Waals surface area (Å²) in [6.45, 7) is 9.24. The van der Waals surface area contributed by atoms with E-state index in [1.54, 1.807) is 0 Å². The Hall–Kier alpha value is -0.890. The predicted molar refractivity (Wildman–Crippen MR) is 78.7 cm³/mol. The Labute approximate surface area is 116 Å². The number of benzene rings is 1. The summed E-state index contributed by atoms with van der Waals surface area (Å²) in [7, 11) is 0. The highest BCUT2D eigenvalue weighted by Crippen LogP contribution is 2.29. The van der Waals surface area contributed by atoms with Crippen LogP contribution in [0.15, 0.2) is 12.1 Å². The van der Waals surface area contributed by atoms with Gasteiger partial charge in [0.1, 0.15) is 5.82 Å². The van der Waals surface area contributed by atoms with Crippen LogP contribution in [-0.2, 0) is 6.54 Å². The highest BCUT2D eigenvalue weighted by atomic mass is 19.1. The van der Waals surface area contributed by atoms with E-state index in [0.29, 0.717) is 6.04 Å². The molecule has 0 radical (unpaired) electrons. The van der Waals surface area contributed by atoms with Crippen molar-refractivity contribution in [1.82, 2.24) is 5.32 Å². The second kappa shape index (κ2) is 6.04. The molecule has 0 bridgehead atoms. The van der Waals surface area contributed by atoms with E-state index in [2.05, 4.69) is 19.2 Å². The summed E-state index contributed by atoms with van der Waals surface area (Å²) in [4.78, 5) is 0. The van der Waals surface area contributed by atoms with Gasteiger partial charge in [-0.15, -0.1) is 0 Å². The normalized spacial score (nSPS) is 27.5. The van der Waals surface area contributed by atoms with Crippen molar-refractivity contribution in [3.05, 3.63) is 34.6 Å². The van der Waals surface area contributed by atoms with Crippen LogP contribution in [0.4, 0.5) is 4.39 Å². The maximum Gasteiger partial charge on any atom is 0.129 e. The Bertz CT molecular complexity index is 418. The molecule has 3 unspecified atom stereocenters. The van der Waals surface area contributed by atoms with E-state index in [4.69, 9.17) is 0 Å². The smallest absolute Gasteiger partial charge is 0.129 e. The Kier molecular flexibility index (Phi) is 4.62. The molecule has 1 aromatic carbocycles. The van der Waals surface area contributed by atoms with Crippen LogP contribution < -0.4 is 5.32 Å². The molecular weight excluding hydrogens is 237 g/mol. The standard InChI is InChI=1S/C17H26FN/c1-11-6-5-7-16(14(11)4)19-10-15-8-12(2)17(18)13(3)9-15/h8-9,11,14,16,19H,5-7,10H2,1-4H3. The third kappa shape index (κ3) is 3.36. The minimum absolute atomic E-state index is 0.0663. The summed E-state index contributed by atoms with van der Waals surface area (Å²) in [5.74, 6) is 1.47. The van der Waals surface area contributed by atoms with Gasteiger partial charge in [-0.1, -0.05) is 38.8 Å². The Morgan fingerprint density at radius 3 is 2.42 bits per heavy atom. The third-order valence-corrected chi connectivity index (χ3v) is 4.77. The molecule has 3 atom stereocenters. The fraction of sp³-hybridized carbons (Fsp3) is 0.647. The lowest BCUT2D eigenvalue weighted by Gasteiger charge is -2.34. The first-order chi connectivity index (χ1) is 8.99. The monoisotopic (exact) mass is 263 g/mol. The number of nitrogens with one attached hydrogen (secondary N) is 1. The summed E-state index contributed by atoms with van der Waals surface area (Å²) < 4.78 is 13.6.